The SMILES string of the molecule is CC(=O)N[C@](C)(CCc1c(/C(=C/CCCc2ccccc2)OC(=O)CCCCc2ccccc2)ccn1C)COC(C)=O. The first-order valence-electron chi connectivity index (χ1n) is 15.2. The average Bonchev–Trinajstić information content (AvgIpc) is 3.35. The number of esters is 2. The highest BCUT2D eigenvalue weighted by molar-refractivity contribution is 5.79. The lowest BCUT2D eigenvalue weighted by molar-refractivity contribution is -0.144. The number of aryl methyl sites for hydroxylation is 3. The molecule has 0 spiro atoms. The molecule has 230 valence electrons. The van der Waals surface area contributed by atoms with Crippen molar-refractivity contribution in [1.82, 2.24) is 9.88 Å². The number of unbranched alkanes of at least 4 members (excludes halogenated alkanes) is 2. The summed E-state index contributed by atoms with van der Waals surface area (Å²) in [7, 11) is 1.96. The van der Waals surface area contributed by atoms with Gasteiger partial charge in [0.25, 0.3) is 0 Å². The molecule has 0 aliphatic heterocycles. The van der Waals surface area contributed by atoms with Crippen LogP contribution in [0.3, 0.4) is 0 Å². The number of hydrogen-bond donors (Lipinski definition) is 1. The topological polar surface area (TPSA) is 86.6 Å². The maximum atomic E-state index is 13.0. The van der Waals surface area contributed by atoms with E-state index in [0.29, 0.717) is 25.0 Å². The summed E-state index contributed by atoms with van der Waals surface area (Å²) in [4.78, 5) is 36.5. The van der Waals surface area contributed by atoms with Gasteiger partial charge in [0, 0.05) is 44.8 Å². The Labute approximate surface area is 256 Å². The van der Waals surface area contributed by atoms with Gasteiger partial charge in [-0.05, 0) is 81.6 Å². The van der Waals surface area contributed by atoms with Crippen molar-refractivity contribution >= 4 is 23.6 Å². The summed E-state index contributed by atoms with van der Waals surface area (Å²) in [5.74, 6) is -0.262. The zero-order valence-electron chi connectivity index (χ0n) is 26.1. The van der Waals surface area contributed by atoms with Crippen molar-refractivity contribution in [2.24, 2.45) is 7.05 Å². The van der Waals surface area contributed by atoms with Crippen LogP contribution in [0.2, 0.25) is 0 Å². The van der Waals surface area contributed by atoms with Crippen molar-refractivity contribution in [3.63, 3.8) is 0 Å². The molecular formula is C36H46N2O5. The Bertz CT molecular complexity index is 1350. The number of aromatic nitrogens is 1. The second-order valence-corrected chi connectivity index (χ2v) is 11.4. The summed E-state index contributed by atoms with van der Waals surface area (Å²) in [5, 5.41) is 2.95. The van der Waals surface area contributed by atoms with E-state index in [0.717, 1.165) is 49.8 Å². The van der Waals surface area contributed by atoms with Gasteiger partial charge in [-0.3, -0.25) is 14.4 Å². The van der Waals surface area contributed by atoms with E-state index in [1.54, 1.807) is 0 Å². The van der Waals surface area contributed by atoms with Gasteiger partial charge >= 0.3 is 11.9 Å². The number of rotatable bonds is 17. The van der Waals surface area contributed by atoms with Crippen molar-refractivity contribution in [2.75, 3.05) is 6.61 Å². The molecule has 1 aromatic heterocycles. The lowest BCUT2D eigenvalue weighted by atomic mass is 9.94. The molecule has 1 atom stereocenters. The molecule has 1 heterocycles. The molecule has 7 heteroatoms. The minimum atomic E-state index is -0.742. The maximum Gasteiger partial charge on any atom is 0.311 e. The first-order chi connectivity index (χ1) is 20.6. The van der Waals surface area contributed by atoms with E-state index >= 15 is 0 Å². The molecule has 0 saturated carbocycles. The molecule has 2 aromatic carbocycles. The predicted molar refractivity (Wildman–Crippen MR) is 170 cm³/mol. The first-order valence-corrected chi connectivity index (χ1v) is 15.2. The summed E-state index contributed by atoms with van der Waals surface area (Å²) in [6, 6.07) is 22.6. The van der Waals surface area contributed by atoms with Gasteiger partial charge in [0.15, 0.2) is 0 Å². The van der Waals surface area contributed by atoms with E-state index in [2.05, 4.69) is 29.6 Å². The smallest absolute Gasteiger partial charge is 0.311 e. The highest BCUT2D eigenvalue weighted by atomic mass is 16.5. The summed E-state index contributed by atoms with van der Waals surface area (Å²) >= 11 is 0. The molecule has 3 aromatic rings. The Morgan fingerprint density at radius 1 is 0.860 bits per heavy atom. The van der Waals surface area contributed by atoms with E-state index < -0.39 is 11.5 Å². The molecule has 0 unspecified atom stereocenters. The fourth-order valence-electron chi connectivity index (χ4n) is 5.16. The number of nitrogens with one attached hydrogen (secondary N) is 1. The van der Waals surface area contributed by atoms with Crippen LogP contribution in [0.25, 0.3) is 5.76 Å². The van der Waals surface area contributed by atoms with Crippen LogP contribution >= 0.6 is 0 Å². The van der Waals surface area contributed by atoms with E-state index in [1.165, 1.54) is 25.0 Å². The second kappa shape index (κ2) is 17.1. The maximum absolute atomic E-state index is 13.0. The van der Waals surface area contributed by atoms with Gasteiger partial charge in [-0.2, -0.15) is 0 Å². The Balaban J connectivity index is 1.72. The molecule has 0 aliphatic rings. The van der Waals surface area contributed by atoms with E-state index in [4.69, 9.17) is 9.47 Å². The first kappa shape index (κ1) is 33.4. The Morgan fingerprint density at radius 2 is 1.49 bits per heavy atom. The Hall–Kier alpha value is -4.13. The number of allylic oxidation sites excluding steroid dienone is 1. The van der Waals surface area contributed by atoms with Crippen molar-refractivity contribution < 1.29 is 23.9 Å². The van der Waals surface area contributed by atoms with Gasteiger partial charge in [0.2, 0.25) is 5.91 Å². The quantitative estimate of drug-likeness (QED) is 0.108. The number of nitrogens with zero attached hydrogens (tertiary/aromatic N) is 1. The number of ether oxygens (including phenoxy) is 2. The predicted octanol–water partition coefficient (Wildman–Crippen LogP) is 6.74. The Morgan fingerprint density at radius 3 is 2.09 bits per heavy atom. The summed E-state index contributed by atoms with van der Waals surface area (Å²) < 4.78 is 13.3. The zero-order chi connectivity index (χ0) is 31.1. The lowest BCUT2D eigenvalue weighted by Gasteiger charge is -2.30. The van der Waals surface area contributed by atoms with E-state index in [1.807, 2.05) is 73.3 Å². The molecule has 0 aliphatic carbocycles. The van der Waals surface area contributed by atoms with Crippen LogP contribution in [0.15, 0.2) is 79.0 Å². The van der Waals surface area contributed by atoms with Gasteiger partial charge < -0.3 is 19.4 Å². The third-order valence-corrected chi connectivity index (χ3v) is 7.46. The number of hydrogen-bond acceptors (Lipinski definition) is 5. The summed E-state index contributed by atoms with van der Waals surface area (Å²) in [6.45, 7) is 4.75. The van der Waals surface area contributed by atoms with Crippen LogP contribution in [-0.4, -0.2) is 34.6 Å². The number of amides is 1. The highest BCUT2D eigenvalue weighted by Gasteiger charge is 2.28. The van der Waals surface area contributed by atoms with Crippen LogP contribution in [0, 0.1) is 0 Å². The second-order valence-electron chi connectivity index (χ2n) is 11.4. The normalized spacial score (nSPS) is 12.8. The fraction of sp³-hybridized carbons (Fsp3) is 0.417. The molecule has 0 radical (unpaired) electrons. The van der Waals surface area contributed by atoms with Gasteiger partial charge in [-0.15, -0.1) is 0 Å². The largest absolute Gasteiger partial charge is 0.463 e. The number of benzene rings is 2. The monoisotopic (exact) mass is 586 g/mol. The Kier molecular flexibility index (Phi) is 13.3. The molecule has 43 heavy (non-hydrogen) atoms. The third kappa shape index (κ3) is 11.9. The van der Waals surface area contributed by atoms with E-state index in [-0.39, 0.29) is 18.5 Å². The molecule has 3 rings (SSSR count). The van der Waals surface area contributed by atoms with Crippen LogP contribution in [-0.2, 0) is 50.2 Å². The minimum absolute atomic E-state index is 0.0712. The molecule has 0 bridgehead atoms. The molecule has 1 N–H and O–H groups in total. The standard InChI is InChI=1S/C36H46N2O5/c1-28(39)37-36(3,27-42-29(2)40)25-23-33-32(24-26-38(33)4)34(21-13-11-19-30-15-7-5-8-16-30)43-35(41)22-14-12-20-31-17-9-6-10-18-31/h5-10,15-18,21,24,26H,11-14,19-20,22-23,25,27H2,1-4H3,(H,37,39)/b34-21-/t36-/m1/s1. The summed E-state index contributed by atoms with van der Waals surface area (Å²) in [6.07, 6.45) is 10.6. The molecule has 7 nitrogen and oxygen atoms in total. The van der Waals surface area contributed by atoms with Crippen LogP contribution in [0.4, 0.5) is 0 Å². The summed E-state index contributed by atoms with van der Waals surface area (Å²) in [5.41, 5.74) is 3.64. The van der Waals surface area contributed by atoms with Gasteiger partial charge in [0.05, 0.1) is 5.54 Å². The molecular weight excluding hydrogens is 540 g/mol. The molecule has 0 saturated heterocycles. The van der Waals surface area contributed by atoms with Crippen LogP contribution in [0.5, 0.6) is 0 Å². The van der Waals surface area contributed by atoms with E-state index in [9.17, 15) is 14.4 Å². The number of carbonyl (C=O) groups is 3. The average molecular weight is 587 g/mol. The lowest BCUT2D eigenvalue weighted by Crippen LogP contribution is -2.49. The third-order valence-electron chi connectivity index (χ3n) is 7.46. The fourth-order valence-corrected chi connectivity index (χ4v) is 5.16. The van der Waals surface area contributed by atoms with Crippen molar-refractivity contribution in [3.8, 4) is 0 Å². The van der Waals surface area contributed by atoms with Crippen LogP contribution in [0.1, 0.15) is 81.7 Å². The van der Waals surface area contributed by atoms with Crippen molar-refractivity contribution in [3.05, 3.63) is 101 Å². The zero-order valence-corrected chi connectivity index (χ0v) is 26.1. The number of carbonyl (C=O) groups excluding carboxylic acids is 3. The van der Waals surface area contributed by atoms with Crippen LogP contribution < -0.4 is 5.32 Å². The van der Waals surface area contributed by atoms with Crippen molar-refractivity contribution in [2.45, 2.75) is 84.1 Å². The van der Waals surface area contributed by atoms with Crippen molar-refractivity contribution in [1.29, 1.82) is 0 Å². The van der Waals surface area contributed by atoms with Gasteiger partial charge in [-0.25, -0.2) is 0 Å². The highest BCUT2D eigenvalue weighted by Crippen LogP contribution is 2.27. The van der Waals surface area contributed by atoms with Gasteiger partial charge in [0.1, 0.15) is 12.4 Å². The molecule has 0 fully saturated rings. The molecule has 1 amide bonds. The van der Waals surface area contributed by atoms with Gasteiger partial charge in [-0.1, -0.05) is 60.7 Å². The minimum Gasteiger partial charge on any atom is -0.463 e.